The number of nitrogens with zero attached hydrogens (tertiary/aromatic N) is 1. The van der Waals surface area contributed by atoms with Crippen molar-refractivity contribution in [3.05, 3.63) is 11.5 Å². The zero-order chi connectivity index (χ0) is 10.4. The maximum atomic E-state index is 5.64. The Kier molecular flexibility index (Phi) is 4.80. The van der Waals surface area contributed by atoms with Crippen LogP contribution in [0.3, 0.4) is 0 Å². The first-order valence-electron chi connectivity index (χ1n) is 5.42. The van der Waals surface area contributed by atoms with Gasteiger partial charge in [-0.1, -0.05) is 13.8 Å². The van der Waals surface area contributed by atoms with Crippen LogP contribution in [-0.4, -0.2) is 38.3 Å². The zero-order valence-electron chi connectivity index (χ0n) is 9.51. The summed E-state index contributed by atoms with van der Waals surface area (Å²) in [5, 5.41) is 0. The van der Waals surface area contributed by atoms with Gasteiger partial charge in [-0.25, -0.2) is 0 Å². The zero-order valence-corrected chi connectivity index (χ0v) is 9.51. The lowest BCUT2D eigenvalue weighted by molar-refractivity contribution is 0.0969. The largest absolute Gasteiger partial charge is 0.494 e. The van der Waals surface area contributed by atoms with Gasteiger partial charge >= 0.3 is 0 Å². The highest BCUT2D eigenvalue weighted by atomic mass is 16.5. The van der Waals surface area contributed by atoms with Crippen LogP contribution in [0, 0.1) is 0 Å². The SMILES string of the molecule is CCC1=C(CC)N(CCOC)CCO1. The Bertz CT molecular complexity index is 201. The molecule has 1 aliphatic heterocycles. The minimum Gasteiger partial charge on any atom is -0.494 e. The van der Waals surface area contributed by atoms with Crippen molar-refractivity contribution in [2.75, 3.05) is 33.4 Å². The van der Waals surface area contributed by atoms with E-state index >= 15 is 0 Å². The highest BCUT2D eigenvalue weighted by molar-refractivity contribution is 5.09. The van der Waals surface area contributed by atoms with Gasteiger partial charge in [-0.05, 0) is 6.42 Å². The summed E-state index contributed by atoms with van der Waals surface area (Å²) in [4.78, 5) is 2.38. The molecular formula is C11H21NO2. The monoisotopic (exact) mass is 199 g/mol. The van der Waals surface area contributed by atoms with Crippen molar-refractivity contribution < 1.29 is 9.47 Å². The van der Waals surface area contributed by atoms with Crippen LogP contribution in [0.5, 0.6) is 0 Å². The Morgan fingerprint density at radius 1 is 1.36 bits per heavy atom. The van der Waals surface area contributed by atoms with Crippen molar-refractivity contribution in [1.29, 1.82) is 0 Å². The molecule has 0 aromatic carbocycles. The van der Waals surface area contributed by atoms with Crippen LogP contribution in [-0.2, 0) is 9.47 Å². The smallest absolute Gasteiger partial charge is 0.115 e. The molecule has 0 saturated heterocycles. The van der Waals surface area contributed by atoms with Crippen molar-refractivity contribution in [3.8, 4) is 0 Å². The fourth-order valence-corrected chi connectivity index (χ4v) is 1.85. The lowest BCUT2D eigenvalue weighted by Crippen LogP contribution is -2.34. The van der Waals surface area contributed by atoms with E-state index in [1.165, 1.54) is 5.70 Å². The normalized spacial score (nSPS) is 17.2. The maximum absolute atomic E-state index is 5.64. The molecule has 82 valence electrons. The minimum atomic E-state index is 0.792. The molecule has 0 amide bonds. The first kappa shape index (κ1) is 11.4. The predicted molar refractivity (Wildman–Crippen MR) is 57.0 cm³/mol. The van der Waals surface area contributed by atoms with E-state index in [0.29, 0.717) is 0 Å². The minimum absolute atomic E-state index is 0.792. The molecule has 3 heteroatoms. The molecule has 0 bridgehead atoms. The number of rotatable bonds is 5. The third-order valence-electron chi connectivity index (χ3n) is 2.56. The molecule has 1 rings (SSSR count). The van der Waals surface area contributed by atoms with Crippen LogP contribution in [0.15, 0.2) is 11.5 Å². The van der Waals surface area contributed by atoms with E-state index in [2.05, 4.69) is 18.7 Å². The van der Waals surface area contributed by atoms with Crippen molar-refractivity contribution >= 4 is 0 Å². The van der Waals surface area contributed by atoms with Crippen LogP contribution < -0.4 is 0 Å². The summed E-state index contributed by atoms with van der Waals surface area (Å²) >= 11 is 0. The van der Waals surface area contributed by atoms with Gasteiger partial charge in [0.2, 0.25) is 0 Å². The molecule has 1 aliphatic rings. The van der Waals surface area contributed by atoms with E-state index in [9.17, 15) is 0 Å². The number of methoxy groups -OCH3 is 1. The Morgan fingerprint density at radius 2 is 2.14 bits per heavy atom. The molecule has 0 aromatic rings. The van der Waals surface area contributed by atoms with E-state index in [1.807, 2.05) is 0 Å². The Labute approximate surface area is 86.7 Å². The Morgan fingerprint density at radius 3 is 2.71 bits per heavy atom. The van der Waals surface area contributed by atoms with Gasteiger partial charge in [0.15, 0.2) is 0 Å². The summed E-state index contributed by atoms with van der Waals surface area (Å²) in [6.07, 6.45) is 2.04. The first-order chi connectivity index (χ1) is 6.83. The van der Waals surface area contributed by atoms with Gasteiger partial charge in [-0.2, -0.15) is 0 Å². The third-order valence-corrected chi connectivity index (χ3v) is 2.56. The second-order valence-electron chi connectivity index (χ2n) is 3.41. The van der Waals surface area contributed by atoms with Crippen LogP contribution in [0.25, 0.3) is 0 Å². The maximum Gasteiger partial charge on any atom is 0.115 e. The van der Waals surface area contributed by atoms with E-state index in [0.717, 1.165) is 44.9 Å². The summed E-state index contributed by atoms with van der Waals surface area (Å²) in [5.74, 6) is 1.16. The van der Waals surface area contributed by atoms with Gasteiger partial charge in [0.25, 0.3) is 0 Å². The standard InChI is InChI=1S/C11H21NO2/c1-4-10-11(5-2)14-9-7-12(10)6-8-13-3/h4-9H2,1-3H3. The first-order valence-corrected chi connectivity index (χ1v) is 5.42. The second-order valence-corrected chi connectivity index (χ2v) is 3.41. The highest BCUT2D eigenvalue weighted by Gasteiger charge is 2.17. The van der Waals surface area contributed by atoms with Gasteiger partial charge in [0.05, 0.1) is 18.8 Å². The molecule has 0 aromatic heterocycles. The molecule has 0 radical (unpaired) electrons. The molecule has 3 nitrogen and oxygen atoms in total. The Balaban J connectivity index is 2.63. The van der Waals surface area contributed by atoms with E-state index in [4.69, 9.17) is 9.47 Å². The predicted octanol–water partition coefficient (Wildman–Crippen LogP) is 2.00. The Hall–Kier alpha value is -0.700. The summed E-state index contributed by atoms with van der Waals surface area (Å²) in [5.41, 5.74) is 1.36. The van der Waals surface area contributed by atoms with E-state index < -0.39 is 0 Å². The molecule has 0 spiro atoms. The highest BCUT2D eigenvalue weighted by Crippen LogP contribution is 2.21. The van der Waals surface area contributed by atoms with Gasteiger partial charge in [-0.3, -0.25) is 0 Å². The van der Waals surface area contributed by atoms with Gasteiger partial charge in [0.1, 0.15) is 12.4 Å². The van der Waals surface area contributed by atoms with Crippen LogP contribution in [0.2, 0.25) is 0 Å². The molecule has 0 unspecified atom stereocenters. The van der Waals surface area contributed by atoms with Crippen LogP contribution >= 0.6 is 0 Å². The lowest BCUT2D eigenvalue weighted by atomic mass is 10.2. The third kappa shape index (κ3) is 2.64. The quantitative estimate of drug-likeness (QED) is 0.676. The lowest BCUT2D eigenvalue weighted by Gasteiger charge is -2.33. The number of allylic oxidation sites excluding steroid dienone is 2. The van der Waals surface area contributed by atoms with Crippen LogP contribution in [0.4, 0.5) is 0 Å². The summed E-state index contributed by atoms with van der Waals surface area (Å²) in [6.45, 7) is 7.91. The summed E-state index contributed by atoms with van der Waals surface area (Å²) < 4.78 is 10.7. The fourth-order valence-electron chi connectivity index (χ4n) is 1.85. The van der Waals surface area contributed by atoms with Crippen molar-refractivity contribution in [2.24, 2.45) is 0 Å². The topological polar surface area (TPSA) is 21.7 Å². The molecule has 0 N–H and O–H groups in total. The molecule has 14 heavy (non-hydrogen) atoms. The molecule has 0 aliphatic carbocycles. The molecule has 0 fully saturated rings. The average Bonchev–Trinajstić information content (AvgIpc) is 2.25. The van der Waals surface area contributed by atoms with E-state index in [-0.39, 0.29) is 0 Å². The molecule has 0 saturated carbocycles. The molecular weight excluding hydrogens is 178 g/mol. The second kappa shape index (κ2) is 5.91. The van der Waals surface area contributed by atoms with Crippen molar-refractivity contribution in [3.63, 3.8) is 0 Å². The summed E-state index contributed by atoms with van der Waals surface area (Å²) in [7, 11) is 1.75. The number of hydrogen-bond donors (Lipinski definition) is 0. The van der Waals surface area contributed by atoms with Crippen LogP contribution in [0.1, 0.15) is 26.7 Å². The van der Waals surface area contributed by atoms with Crippen molar-refractivity contribution in [2.45, 2.75) is 26.7 Å². The van der Waals surface area contributed by atoms with Gasteiger partial charge < -0.3 is 14.4 Å². The fraction of sp³-hybridized carbons (Fsp3) is 0.818. The average molecular weight is 199 g/mol. The van der Waals surface area contributed by atoms with Crippen molar-refractivity contribution in [1.82, 2.24) is 4.90 Å². The van der Waals surface area contributed by atoms with E-state index in [1.54, 1.807) is 7.11 Å². The number of ether oxygens (including phenoxy) is 2. The molecule has 0 atom stereocenters. The van der Waals surface area contributed by atoms with Gasteiger partial charge in [0, 0.05) is 20.1 Å². The summed E-state index contributed by atoms with van der Waals surface area (Å²) in [6, 6.07) is 0. The van der Waals surface area contributed by atoms with Gasteiger partial charge in [-0.15, -0.1) is 0 Å². The molecule has 1 heterocycles. The number of hydrogen-bond acceptors (Lipinski definition) is 3.